The molecule has 1 atom stereocenters. The number of morpholine rings is 1. The van der Waals surface area contributed by atoms with Gasteiger partial charge in [-0.2, -0.15) is 0 Å². The first kappa shape index (κ1) is 12.3. The second kappa shape index (κ2) is 5.42. The van der Waals surface area contributed by atoms with E-state index in [2.05, 4.69) is 20.2 Å². The molecule has 0 spiro atoms. The van der Waals surface area contributed by atoms with Gasteiger partial charge >= 0.3 is 0 Å². The molecule has 1 aliphatic heterocycles. The number of hydrogen-bond acceptors (Lipinski definition) is 5. The molecule has 0 aliphatic carbocycles. The van der Waals surface area contributed by atoms with Gasteiger partial charge in [-0.1, -0.05) is 0 Å². The van der Waals surface area contributed by atoms with E-state index in [1.807, 2.05) is 27.0 Å². The van der Waals surface area contributed by atoms with Gasteiger partial charge in [0, 0.05) is 24.8 Å². The minimum atomic E-state index is 0.349. The topological polar surface area (TPSA) is 50.3 Å². The van der Waals surface area contributed by atoms with Crippen molar-refractivity contribution in [3.63, 3.8) is 0 Å². The first-order valence-electron chi connectivity index (χ1n) is 6.02. The van der Waals surface area contributed by atoms with E-state index in [1.54, 1.807) is 0 Å². The van der Waals surface area contributed by atoms with Gasteiger partial charge in [0.2, 0.25) is 0 Å². The molecule has 0 aromatic carbocycles. The molecule has 0 saturated carbocycles. The number of rotatable bonds is 3. The molecule has 2 rings (SSSR count). The van der Waals surface area contributed by atoms with Crippen molar-refractivity contribution >= 4 is 5.82 Å². The smallest absolute Gasteiger partial charge is 0.132 e. The highest BCUT2D eigenvalue weighted by Crippen LogP contribution is 2.17. The number of hydrogen-bond donors (Lipinski definition) is 1. The summed E-state index contributed by atoms with van der Waals surface area (Å²) < 4.78 is 5.52. The van der Waals surface area contributed by atoms with Crippen molar-refractivity contribution in [1.29, 1.82) is 0 Å². The summed E-state index contributed by atoms with van der Waals surface area (Å²) in [5.41, 5.74) is 1.02. The van der Waals surface area contributed by atoms with Gasteiger partial charge in [0.15, 0.2) is 0 Å². The molecule has 1 unspecified atom stereocenters. The van der Waals surface area contributed by atoms with E-state index >= 15 is 0 Å². The summed E-state index contributed by atoms with van der Waals surface area (Å²) in [6, 6.07) is 2.39. The van der Waals surface area contributed by atoms with Crippen molar-refractivity contribution in [2.24, 2.45) is 0 Å². The van der Waals surface area contributed by atoms with Crippen LogP contribution in [0.25, 0.3) is 0 Å². The molecular weight excluding hydrogens is 216 g/mol. The van der Waals surface area contributed by atoms with Gasteiger partial charge in [0.05, 0.1) is 19.3 Å². The molecule has 5 heteroatoms. The highest BCUT2D eigenvalue weighted by Gasteiger charge is 2.23. The predicted octanol–water partition coefficient (Wildman–Crippen LogP) is 0.518. The molecule has 5 nitrogen and oxygen atoms in total. The number of aryl methyl sites for hydroxylation is 2. The molecule has 1 saturated heterocycles. The van der Waals surface area contributed by atoms with Gasteiger partial charge in [-0.15, -0.1) is 0 Å². The normalized spacial score (nSPS) is 20.6. The van der Waals surface area contributed by atoms with Crippen molar-refractivity contribution in [2.45, 2.75) is 19.9 Å². The van der Waals surface area contributed by atoms with Crippen LogP contribution in [0.4, 0.5) is 5.82 Å². The Morgan fingerprint density at radius 3 is 3.00 bits per heavy atom. The lowest BCUT2D eigenvalue weighted by Crippen LogP contribution is -2.50. The highest BCUT2D eigenvalue weighted by molar-refractivity contribution is 5.41. The van der Waals surface area contributed by atoms with E-state index in [9.17, 15) is 0 Å². The van der Waals surface area contributed by atoms with Gasteiger partial charge in [-0.05, 0) is 20.9 Å². The minimum absolute atomic E-state index is 0.349. The van der Waals surface area contributed by atoms with Crippen LogP contribution in [-0.2, 0) is 4.74 Å². The first-order chi connectivity index (χ1) is 8.20. The zero-order chi connectivity index (χ0) is 12.3. The first-order valence-corrected chi connectivity index (χ1v) is 6.02. The average molecular weight is 236 g/mol. The predicted molar refractivity (Wildman–Crippen MR) is 67.4 cm³/mol. The van der Waals surface area contributed by atoms with Crippen LogP contribution in [0.2, 0.25) is 0 Å². The molecule has 1 fully saturated rings. The van der Waals surface area contributed by atoms with Crippen molar-refractivity contribution in [1.82, 2.24) is 15.3 Å². The number of likely N-dealkylation sites (N-methyl/N-ethyl adjacent to an activating group) is 1. The number of nitrogens with zero attached hydrogens (tertiary/aromatic N) is 3. The van der Waals surface area contributed by atoms with Crippen LogP contribution in [0.5, 0.6) is 0 Å². The van der Waals surface area contributed by atoms with Crippen molar-refractivity contribution in [3.8, 4) is 0 Å². The fourth-order valence-corrected chi connectivity index (χ4v) is 2.21. The molecule has 1 aliphatic rings. The Morgan fingerprint density at radius 1 is 1.47 bits per heavy atom. The molecule has 2 heterocycles. The molecule has 1 aromatic heterocycles. The van der Waals surface area contributed by atoms with Crippen LogP contribution >= 0.6 is 0 Å². The van der Waals surface area contributed by atoms with Crippen LogP contribution in [0.15, 0.2) is 6.07 Å². The molecule has 0 radical (unpaired) electrons. The zero-order valence-electron chi connectivity index (χ0n) is 10.7. The average Bonchev–Trinajstić information content (AvgIpc) is 2.29. The molecule has 0 bridgehead atoms. The number of ether oxygens (including phenoxy) is 1. The van der Waals surface area contributed by atoms with Crippen LogP contribution in [0.1, 0.15) is 11.5 Å². The lowest BCUT2D eigenvalue weighted by molar-refractivity contribution is 0.0939. The SMILES string of the molecule is CNCC1COCCN1c1cc(C)nc(C)n1. The Morgan fingerprint density at radius 2 is 2.29 bits per heavy atom. The van der Waals surface area contributed by atoms with Crippen LogP contribution in [-0.4, -0.2) is 49.4 Å². The Labute approximate surface area is 102 Å². The summed E-state index contributed by atoms with van der Waals surface area (Å²) in [4.78, 5) is 11.1. The number of aromatic nitrogens is 2. The quantitative estimate of drug-likeness (QED) is 0.829. The summed E-state index contributed by atoms with van der Waals surface area (Å²) in [6.07, 6.45) is 0. The van der Waals surface area contributed by atoms with Gasteiger partial charge < -0.3 is 15.0 Å². The standard InChI is InChI=1S/C12H20N4O/c1-9-6-12(15-10(2)14-9)16-4-5-17-8-11(16)7-13-3/h6,11,13H,4-5,7-8H2,1-3H3. The fraction of sp³-hybridized carbons (Fsp3) is 0.667. The van der Waals surface area contributed by atoms with E-state index in [1.165, 1.54) is 0 Å². The Hall–Kier alpha value is -1.20. The molecule has 0 amide bonds. The Bertz CT molecular complexity index is 361. The van der Waals surface area contributed by atoms with Gasteiger partial charge in [-0.25, -0.2) is 9.97 Å². The monoisotopic (exact) mass is 236 g/mol. The third-order valence-electron chi connectivity index (χ3n) is 2.91. The van der Waals surface area contributed by atoms with Crippen molar-refractivity contribution in [3.05, 3.63) is 17.6 Å². The molecule has 1 N–H and O–H groups in total. The maximum Gasteiger partial charge on any atom is 0.132 e. The van der Waals surface area contributed by atoms with Crippen LogP contribution in [0, 0.1) is 13.8 Å². The number of nitrogens with one attached hydrogen (secondary N) is 1. The summed E-state index contributed by atoms with van der Waals surface area (Å²) in [5.74, 6) is 1.84. The van der Waals surface area contributed by atoms with E-state index in [0.29, 0.717) is 6.04 Å². The second-order valence-electron chi connectivity index (χ2n) is 4.39. The van der Waals surface area contributed by atoms with Gasteiger partial charge in [0.25, 0.3) is 0 Å². The largest absolute Gasteiger partial charge is 0.377 e. The minimum Gasteiger partial charge on any atom is -0.377 e. The second-order valence-corrected chi connectivity index (χ2v) is 4.39. The van der Waals surface area contributed by atoms with E-state index in [-0.39, 0.29) is 0 Å². The highest BCUT2D eigenvalue weighted by atomic mass is 16.5. The third kappa shape index (κ3) is 2.92. The summed E-state index contributed by atoms with van der Waals surface area (Å²) in [6.45, 7) is 7.26. The maximum absolute atomic E-state index is 5.52. The van der Waals surface area contributed by atoms with Gasteiger partial charge in [-0.3, -0.25) is 0 Å². The lowest BCUT2D eigenvalue weighted by Gasteiger charge is -2.36. The van der Waals surface area contributed by atoms with Gasteiger partial charge in [0.1, 0.15) is 11.6 Å². The third-order valence-corrected chi connectivity index (χ3v) is 2.91. The summed E-state index contributed by atoms with van der Waals surface area (Å²) in [7, 11) is 1.96. The molecular formula is C12H20N4O. The van der Waals surface area contributed by atoms with E-state index < -0.39 is 0 Å². The maximum atomic E-state index is 5.52. The van der Waals surface area contributed by atoms with Crippen molar-refractivity contribution < 1.29 is 4.74 Å². The Balaban J connectivity index is 2.22. The van der Waals surface area contributed by atoms with E-state index in [4.69, 9.17) is 4.74 Å². The van der Waals surface area contributed by atoms with Crippen LogP contribution in [0.3, 0.4) is 0 Å². The lowest BCUT2D eigenvalue weighted by atomic mass is 10.2. The molecule has 17 heavy (non-hydrogen) atoms. The van der Waals surface area contributed by atoms with Crippen molar-refractivity contribution in [2.75, 3.05) is 38.3 Å². The van der Waals surface area contributed by atoms with E-state index in [0.717, 1.165) is 43.6 Å². The van der Waals surface area contributed by atoms with Crippen LogP contribution < -0.4 is 10.2 Å². The molecule has 1 aromatic rings. The Kier molecular flexibility index (Phi) is 3.91. The number of anilines is 1. The summed E-state index contributed by atoms with van der Waals surface area (Å²) >= 11 is 0. The zero-order valence-corrected chi connectivity index (χ0v) is 10.7. The summed E-state index contributed by atoms with van der Waals surface area (Å²) in [5, 5.41) is 3.20. The fourth-order valence-electron chi connectivity index (χ4n) is 2.21. The molecule has 94 valence electrons.